The molecule has 1 atom stereocenters. The molecule has 3 N–H and O–H groups in total. The number of nitrogens with one attached hydrogen (secondary N) is 2. The largest absolute Gasteiger partial charge is 0.417 e. The molecule has 0 aliphatic carbocycles. The zero-order valence-corrected chi connectivity index (χ0v) is 16.5. The molecule has 0 aliphatic rings. The zero-order valence-electron chi connectivity index (χ0n) is 15.6. The molecule has 31 heavy (non-hydrogen) atoms. The van der Waals surface area contributed by atoms with E-state index < -0.39 is 64.0 Å². The summed E-state index contributed by atoms with van der Waals surface area (Å²) >= 11 is 0.681. The second-order valence-electron chi connectivity index (χ2n) is 6.29. The summed E-state index contributed by atoms with van der Waals surface area (Å²) in [6.07, 6.45) is -5.33. The second kappa shape index (κ2) is 8.77. The van der Waals surface area contributed by atoms with E-state index in [0.29, 0.717) is 30.1 Å². The number of alkyl halides is 3. The van der Waals surface area contributed by atoms with Crippen molar-refractivity contribution >= 4 is 22.7 Å². The molecule has 0 unspecified atom stereocenters. The third kappa shape index (κ3) is 4.62. The smallest absolute Gasteiger partial charge is 0.394 e. The number of H-pyrrole nitrogens is 2. The number of ether oxygens (including phenoxy) is 1. The quantitative estimate of drug-likeness (QED) is 0.383. The van der Waals surface area contributed by atoms with Crippen molar-refractivity contribution in [2.75, 3.05) is 19.5 Å². The van der Waals surface area contributed by atoms with E-state index in [1.165, 1.54) is 7.11 Å². The van der Waals surface area contributed by atoms with Crippen LogP contribution in [0.4, 0.5) is 22.0 Å². The SMILES string of the molecule is CO[C@@H](CO)CSc1c(-c2ncc(F)cc2F)c(C(F)(F)F)cc2c(=O)[nH]c(=O)[nH]c12. The second-order valence-corrected chi connectivity index (χ2v) is 7.32. The van der Waals surface area contributed by atoms with E-state index in [2.05, 4.69) is 9.97 Å². The summed E-state index contributed by atoms with van der Waals surface area (Å²) in [5, 5.41) is 8.80. The number of hydrogen-bond acceptors (Lipinski definition) is 6. The van der Waals surface area contributed by atoms with Gasteiger partial charge in [0.15, 0.2) is 5.82 Å². The van der Waals surface area contributed by atoms with Crippen LogP contribution in [0.2, 0.25) is 0 Å². The molecule has 0 radical (unpaired) electrons. The first-order chi connectivity index (χ1) is 14.6. The van der Waals surface area contributed by atoms with Gasteiger partial charge < -0.3 is 14.8 Å². The van der Waals surface area contributed by atoms with Gasteiger partial charge in [0.2, 0.25) is 0 Å². The van der Waals surface area contributed by atoms with Crippen LogP contribution in [0.15, 0.2) is 32.8 Å². The Bertz CT molecular complexity index is 1240. The van der Waals surface area contributed by atoms with Crippen LogP contribution in [0.25, 0.3) is 22.2 Å². The van der Waals surface area contributed by atoms with Crippen LogP contribution in [-0.2, 0) is 10.9 Å². The zero-order chi connectivity index (χ0) is 22.9. The predicted octanol–water partition coefficient (Wildman–Crippen LogP) is 2.67. The maximum absolute atomic E-state index is 14.5. The van der Waals surface area contributed by atoms with Crippen LogP contribution in [0.1, 0.15) is 5.56 Å². The number of aliphatic hydroxyl groups excluding tert-OH is 1. The molecule has 2 heterocycles. The number of halogens is 5. The third-order valence-electron chi connectivity index (χ3n) is 4.29. The Morgan fingerprint density at radius 3 is 2.52 bits per heavy atom. The summed E-state index contributed by atoms with van der Waals surface area (Å²) in [5.41, 5.74) is -5.39. The van der Waals surface area contributed by atoms with E-state index in [9.17, 15) is 36.6 Å². The lowest BCUT2D eigenvalue weighted by Gasteiger charge is -2.20. The van der Waals surface area contributed by atoms with Crippen molar-refractivity contribution in [1.29, 1.82) is 0 Å². The highest BCUT2D eigenvalue weighted by atomic mass is 32.2. The molecule has 13 heteroatoms. The van der Waals surface area contributed by atoms with Gasteiger partial charge in [0.05, 0.1) is 35.4 Å². The topological polar surface area (TPSA) is 108 Å². The number of aliphatic hydroxyl groups is 1. The number of benzene rings is 1. The molecule has 2 aromatic heterocycles. The van der Waals surface area contributed by atoms with Crippen molar-refractivity contribution in [3.05, 3.63) is 56.4 Å². The van der Waals surface area contributed by atoms with Gasteiger partial charge in [-0.3, -0.25) is 14.8 Å². The predicted molar refractivity (Wildman–Crippen MR) is 102 cm³/mol. The van der Waals surface area contributed by atoms with Crippen molar-refractivity contribution in [3.63, 3.8) is 0 Å². The standard InChI is InChI=1S/C18H14F5N3O4S/c1-30-8(5-27)6-31-15-12(14-11(20)2-7(19)4-24-14)10(18(21,22)23)3-9-13(15)25-17(29)26-16(9)28/h2-4,8,27H,5-6H2,1H3,(H2,25,26,28,29)/t8-/m0/s1. The Balaban J connectivity index is 2.45. The molecule has 1 aromatic carbocycles. The van der Waals surface area contributed by atoms with Crippen LogP contribution in [-0.4, -0.2) is 45.6 Å². The molecule has 166 valence electrons. The first-order valence-electron chi connectivity index (χ1n) is 8.55. The highest BCUT2D eigenvalue weighted by Crippen LogP contribution is 2.45. The van der Waals surface area contributed by atoms with Crippen molar-refractivity contribution in [2.45, 2.75) is 17.2 Å². The van der Waals surface area contributed by atoms with Crippen LogP contribution < -0.4 is 11.2 Å². The van der Waals surface area contributed by atoms with Crippen LogP contribution >= 0.6 is 11.8 Å². The fraction of sp³-hybridized carbons (Fsp3) is 0.278. The molecule has 3 aromatic rings. The van der Waals surface area contributed by atoms with Crippen molar-refractivity contribution in [3.8, 4) is 11.3 Å². The summed E-state index contributed by atoms with van der Waals surface area (Å²) in [5.74, 6) is -2.59. The molecular formula is C18H14F5N3O4S. The number of rotatable bonds is 6. The number of fused-ring (bicyclic) bond motifs is 1. The number of aromatic amines is 2. The lowest BCUT2D eigenvalue weighted by atomic mass is 10.00. The van der Waals surface area contributed by atoms with Gasteiger partial charge in [-0.15, -0.1) is 11.8 Å². The van der Waals surface area contributed by atoms with Gasteiger partial charge in [0.1, 0.15) is 11.5 Å². The Kier molecular flexibility index (Phi) is 6.48. The van der Waals surface area contributed by atoms with Crippen LogP contribution in [0.3, 0.4) is 0 Å². The number of methoxy groups -OCH3 is 1. The summed E-state index contributed by atoms with van der Waals surface area (Å²) < 4.78 is 74.6. The van der Waals surface area contributed by atoms with Crippen molar-refractivity contribution in [2.24, 2.45) is 0 Å². The first-order valence-corrected chi connectivity index (χ1v) is 9.53. The average molecular weight is 463 g/mol. The Morgan fingerprint density at radius 1 is 1.23 bits per heavy atom. The molecule has 0 aliphatic heterocycles. The molecule has 7 nitrogen and oxygen atoms in total. The van der Waals surface area contributed by atoms with Gasteiger partial charge in [0, 0.05) is 29.4 Å². The molecule has 3 rings (SSSR count). The number of hydrogen-bond donors (Lipinski definition) is 3. The lowest BCUT2D eigenvalue weighted by Crippen LogP contribution is -2.24. The summed E-state index contributed by atoms with van der Waals surface area (Å²) in [6, 6.07) is 0.835. The van der Waals surface area contributed by atoms with Gasteiger partial charge in [-0.25, -0.2) is 13.6 Å². The van der Waals surface area contributed by atoms with Crippen molar-refractivity contribution in [1.82, 2.24) is 15.0 Å². The fourth-order valence-electron chi connectivity index (χ4n) is 2.85. The lowest BCUT2D eigenvalue weighted by molar-refractivity contribution is -0.137. The van der Waals surface area contributed by atoms with Crippen LogP contribution in [0, 0.1) is 11.6 Å². The van der Waals surface area contributed by atoms with E-state index in [4.69, 9.17) is 4.74 Å². The molecule has 0 spiro atoms. The van der Waals surface area contributed by atoms with E-state index in [-0.39, 0.29) is 16.2 Å². The van der Waals surface area contributed by atoms with E-state index >= 15 is 0 Å². The molecule has 0 saturated carbocycles. The fourth-order valence-corrected chi connectivity index (χ4v) is 4.10. The Labute approximate surface area is 174 Å². The maximum Gasteiger partial charge on any atom is 0.417 e. The summed E-state index contributed by atoms with van der Waals surface area (Å²) in [6.45, 7) is -0.476. The highest BCUT2D eigenvalue weighted by Gasteiger charge is 2.38. The number of thioether (sulfide) groups is 1. The number of aromatic nitrogens is 3. The third-order valence-corrected chi connectivity index (χ3v) is 5.53. The average Bonchev–Trinajstić information content (AvgIpc) is 2.68. The Morgan fingerprint density at radius 2 is 1.94 bits per heavy atom. The van der Waals surface area contributed by atoms with Gasteiger partial charge in [0.25, 0.3) is 5.56 Å². The minimum Gasteiger partial charge on any atom is -0.394 e. The summed E-state index contributed by atoms with van der Waals surface area (Å²) in [7, 11) is 1.26. The van der Waals surface area contributed by atoms with Gasteiger partial charge in [-0.1, -0.05) is 0 Å². The van der Waals surface area contributed by atoms with E-state index in [1.54, 1.807) is 0 Å². The maximum atomic E-state index is 14.5. The highest BCUT2D eigenvalue weighted by molar-refractivity contribution is 7.99. The van der Waals surface area contributed by atoms with Crippen molar-refractivity contribution < 1.29 is 31.8 Å². The van der Waals surface area contributed by atoms with Gasteiger partial charge in [-0.05, 0) is 6.07 Å². The Hall–Kier alpha value is -2.77. The van der Waals surface area contributed by atoms with E-state index in [0.717, 1.165) is 0 Å². The normalized spacial score (nSPS) is 13.0. The molecule has 0 fully saturated rings. The monoisotopic (exact) mass is 463 g/mol. The number of pyridine rings is 1. The molecule has 0 amide bonds. The molecule has 0 saturated heterocycles. The van der Waals surface area contributed by atoms with E-state index in [1.807, 2.05) is 4.98 Å². The van der Waals surface area contributed by atoms with Crippen LogP contribution in [0.5, 0.6) is 0 Å². The molecular weight excluding hydrogens is 449 g/mol. The number of nitrogens with zero attached hydrogens (tertiary/aromatic N) is 1. The van der Waals surface area contributed by atoms with Gasteiger partial charge >= 0.3 is 11.9 Å². The first kappa shape index (κ1) is 22.9. The minimum absolute atomic E-state index is 0.117. The molecule has 0 bridgehead atoms. The minimum atomic E-state index is -5.05. The summed E-state index contributed by atoms with van der Waals surface area (Å²) in [4.78, 5) is 31.2. The van der Waals surface area contributed by atoms with Gasteiger partial charge in [-0.2, -0.15) is 13.2 Å².